The van der Waals surface area contributed by atoms with Gasteiger partial charge in [-0.05, 0) is 74.0 Å². The van der Waals surface area contributed by atoms with Crippen molar-refractivity contribution in [2.45, 2.75) is 19.8 Å². The number of rotatable bonds is 10. The van der Waals surface area contributed by atoms with E-state index in [1.807, 2.05) is 6.92 Å². The summed E-state index contributed by atoms with van der Waals surface area (Å²) in [6, 6.07) is 19.9. The predicted molar refractivity (Wildman–Crippen MR) is 122 cm³/mol. The molecule has 6 nitrogen and oxygen atoms in total. The highest BCUT2D eigenvalue weighted by molar-refractivity contribution is 6.04. The van der Waals surface area contributed by atoms with E-state index < -0.39 is 5.82 Å². The van der Waals surface area contributed by atoms with Crippen LogP contribution in [0.2, 0.25) is 0 Å². The maximum atomic E-state index is 13.5. The van der Waals surface area contributed by atoms with Crippen LogP contribution in [0.15, 0.2) is 72.8 Å². The third kappa shape index (κ3) is 6.84. The Labute approximate surface area is 186 Å². The Hall–Kier alpha value is -3.87. The van der Waals surface area contributed by atoms with Gasteiger partial charge in [0.25, 0.3) is 5.91 Å². The fourth-order valence-electron chi connectivity index (χ4n) is 2.91. The Kier molecular flexibility index (Phi) is 8.20. The number of amides is 2. The van der Waals surface area contributed by atoms with Crippen molar-refractivity contribution >= 4 is 23.2 Å². The maximum absolute atomic E-state index is 13.5. The monoisotopic (exact) mass is 436 g/mol. The van der Waals surface area contributed by atoms with Crippen LogP contribution in [-0.2, 0) is 4.79 Å². The van der Waals surface area contributed by atoms with Crippen LogP contribution in [0.25, 0.3) is 0 Å². The molecule has 0 spiro atoms. The quantitative estimate of drug-likeness (QED) is 0.424. The molecule has 32 heavy (non-hydrogen) atoms. The van der Waals surface area contributed by atoms with Gasteiger partial charge in [0.2, 0.25) is 5.91 Å². The zero-order chi connectivity index (χ0) is 22.8. The van der Waals surface area contributed by atoms with E-state index in [0.717, 1.165) is 5.75 Å². The van der Waals surface area contributed by atoms with Crippen LogP contribution < -0.4 is 20.1 Å². The van der Waals surface area contributed by atoms with Gasteiger partial charge in [0.15, 0.2) is 11.6 Å². The molecule has 0 aromatic heterocycles. The fraction of sp³-hybridized carbons (Fsp3) is 0.200. The van der Waals surface area contributed by atoms with E-state index in [9.17, 15) is 14.0 Å². The number of halogens is 1. The minimum absolute atomic E-state index is 0.173. The Morgan fingerprint density at radius 1 is 0.844 bits per heavy atom. The maximum Gasteiger partial charge on any atom is 0.255 e. The van der Waals surface area contributed by atoms with E-state index in [-0.39, 0.29) is 30.6 Å². The number of hydrogen-bond donors (Lipinski definition) is 2. The number of carbonyl (C=O) groups is 2. The number of para-hydroxylation sites is 1. The molecule has 0 fully saturated rings. The average molecular weight is 436 g/mol. The van der Waals surface area contributed by atoms with Gasteiger partial charge in [0.05, 0.1) is 13.2 Å². The molecule has 0 bridgehead atoms. The van der Waals surface area contributed by atoms with Gasteiger partial charge in [-0.15, -0.1) is 0 Å². The average Bonchev–Trinajstić information content (AvgIpc) is 2.80. The molecule has 7 heteroatoms. The van der Waals surface area contributed by atoms with Gasteiger partial charge in [-0.1, -0.05) is 12.1 Å². The second-order valence-electron chi connectivity index (χ2n) is 6.92. The highest BCUT2D eigenvalue weighted by atomic mass is 19.1. The summed E-state index contributed by atoms with van der Waals surface area (Å²) in [5, 5.41) is 5.59. The number of ether oxygens (including phenoxy) is 2. The first-order valence-corrected chi connectivity index (χ1v) is 10.4. The molecule has 0 atom stereocenters. The number of anilines is 2. The van der Waals surface area contributed by atoms with Crippen LogP contribution in [-0.4, -0.2) is 25.0 Å². The summed E-state index contributed by atoms with van der Waals surface area (Å²) < 4.78 is 24.2. The summed E-state index contributed by atoms with van der Waals surface area (Å²) in [5.74, 6) is 0.0473. The molecule has 0 aliphatic carbocycles. The van der Waals surface area contributed by atoms with E-state index in [2.05, 4.69) is 10.6 Å². The largest absolute Gasteiger partial charge is 0.494 e. The zero-order valence-electron chi connectivity index (χ0n) is 17.8. The summed E-state index contributed by atoms with van der Waals surface area (Å²) in [4.78, 5) is 24.5. The molecule has 0 saturated heterocycles. The minimum Gasteiger partial charge on any atom is -0.494 e. The molecule has 2 amide bonds. The number of hydrogen-bond acceptors (Lipinski definition) is 4. The topological polar surface area (TPSA) is 76.7 Å². The third-order valence-electron chi connectivity index (χ3n) is 4.50. The van der Waals surface area contributed by atoms with Crippen LogP contribution in [0, 0.1) is 5.82 Å². The fourth-order valence-corrected chi connectivity index (χ4v) is 2.91. The summed E-state index contributed by atoms with van der Waals surface area (Å²) in [6.07, 6.45) is 0.678. The van der Waals surface area contributed by atoms with Crippen molar-refractivity contribution in [3.05, 3.63) is 84.2 Å². The molecule has 166 valence electrons. The van der Waals surface area contributed by atoms with Gasteiger partial charge in [0.1, 0.15) is 5.75 Å². The predicted octanol–water partition coefficient (Wildman–Crippen LogP) is 5.27. The van der Waals surface area contributed by atoms with Gasteiger partial charge in [-0.25, -0.2) is 4.39 Å². The minimum atomic E-state index is -0.427. The molecular formula is C25H25FN2O4. The van der Waals surface area contributed by atoms with Gasteiger partial charge in [-0.2, -0.15) is 0 Å². The molecule has 3 rings (SSSR count). The number of nitrogens with one attached hydrogen (secondary N) is 2. The molecule has 0 radical (unpaired) electrons. The van der Waals surface area contributed by atoms with Crippen LogP contribution >= 0.6 is 0 Å². The zero-order valence-corrected chi connectivity index (χ0v) is 17.8. The molecule has 3 aromatic rings. The smallest absolute Gasteiger partial charge is 0.255 e. The lowest BCUT2D eigenvalue weighted by Gasteiger charge is -2.09. The van der Waals surface area contributed by atoms with Crippen molar-refractivity contribution in [3.8, 4) is 11.5 Å². The van der Waals surface area contributed by atoms with Crippen molar-refractivity contribution < 1.29 is 23.5 Å². The molecule has 0 heterocycles. The van der Waals surface area contributed by atoms with Crippen LogP contribution in [0.4, 0.5) is 15.8 Å². The lowest BCUT2D eigenvalue weighted by Crippen LogP contribution is -2.14. The summed E-state index contributed by atoms with van der Waals surface area (Å²) in [7, 11) is 0. The van der Waals surface area contributed by atoms with E-state index in [4.69, 9.17) is 9.47 Å². The summed E-state index contributed by atoms with van der Waals surface area (Å²) in [5.41, 5.74) is 1.71. The molecular weight excluding hydrogens is 411 g/mol. The molecule has 0 aliphatic heterocycles. The van der Waals surface area contributed by atoms with Crippen molar-refractivity contribution in [2.24, 2.45) is 0 Å². The molecule has 0 aliphatic rings. The first-order chi connectivity index (χ1) is 15.5. The second kappa shape index (κ2) is 11.5. The summed E-state index contributed by atoms with van der Waals surface area (Å²) >= 11 is 0. The Morgan fingerprint density at radius 3 is 2.19 bits per heavy atom. The highest BCUT2D eigenvalue weighted by Gasteiger charge is 2.08. The van der Waals surface area contributed by atoms with Crippen LogP contribution in [0.1, 0.15) is 30.1 Å². The Morgan fingerprint density at radius 2 is 1.50 bits per heavy atom. The molecule has 0 unspecified atom stereocenters. The van der Waals surface area contributed by atoms with Gasteiger partial charge in [0, 0.05) is 23.4 Å². The first kappa shape index (κ1) is 22.8. The van der Waals surface area contributed by atoms with E-state index in [1.165, 1.54) is 6.07 Å². The van der Waals surface area contributed by atoms with E-state index >= 15 is 0 Å². The summed E-state index contributed by atoms with van der Waals surface area (Å²) in [6.45, 7) is 2.72. The molecule has 0 saturated carbocycles. The first-order valence-electron chi connectivity index (χ1n) is 10.4. The standard InChI is InChI=1S/C25H25FN2O4/c1-2-31-21-15-13-20(14-16-21)28-25(30)18-9-11-19(12-10-18)27-24(29)8-5-17-32-23-7-4-3-6-22(23)26/h3-4,6-7,9-16H,2,5,8,17H2,1H3,(H,27,29)(H,28,30). The third-order valence-corrected chi connectivity index (χ3v) is 4.50. The van der Waals surface area contributed by atoms with Crippen molar-refractivity contribution in [3.63, 3.8) is 0 Å². The Bertz CT molecular complexity index is 1040. The van der Waals surface area contributed by atoms with Crippen molar-refractivity contribution in [2.75, 3.05) is 23.8 Å². The number of benzene rings is 3. The lowest BCUT2D eigenvalue weighted by molar-refractivity contribution is -0.116. The molecule has 2 N–H and O–H groups in total. The van der Waals surface area contributed by atoms with Gasteiger partial charge < -0.3 is 20.1 Å². The van der Waals surface area contributed by atoms with Crippen molar-refractivity contribution in [1.29, 1.82) is 0 Å². The van der Waals surface area contributed by atoms with Gasteiger partial charge in [-0.3, -0.25) is 9.59 Å². The SMILES string of the molecule is CCOc1ccc(NC(=O)c2ccc(NC(=O)CCCOc3ccccc3F)cc2)cc1. The normalized spacial score (nSPS) is 10.3. The van der Waals surface area contributed by atoms with E-state index in [1.54, 1.807) is 66.7 Å². The Balaban J connectivity index is 1.42. The number of carbonyl (C=O) groups excluding carboxylic acids is 2. The molecule has 3 aromatic carbocycles. The highest BCUT2D eigenvalue weighted by Crippen LogP contribution is 2.18. The second-order valence-corrected chi connectivity index (χ2v) is 6.92. The van der Waals surface area contributed by atoms with Crippen LogP contribution in [0.3, 0.4) is 0 Å². The van der Waals surface area contributed by atoms with Crippen molar-refractivity contribution in [1.82, 2.24) is 0 Å². The lowest BCUT2D eigenvalue weighted by atomic mass is 10.2. The van der Waals surface area contributed by atoms with E-state index in [0.29, 0.717) is 30.0 Å². The van der Waals surface area contributed by atoms with Gasteiger partial charge >= 0.3 is 0 Å². The van der Waals surface area contributed by atoms with Crippen LogP contribution in [0.5, 0.6) is 11.5 Å².